The van der Waals surface area contributed by atoms with Crippen molar-refractivity contribution >= 4 is 22.6 Å². The number of aromatic nitrogens is 2. The van der Waals surface area contributed by atoms with Crippen LogP contribution in [0.5, 0.6) is 0 Å². The quantitative estimate of drug-likeness (QED) is 0.629. The van der Waals surface area contributed by atoms with Gasteiger partial charge in [-0.05, 0) is 37.3 Å². The summed E-state index contributed by atoms with van der Waals surface area (Å²) in [6.07, 6.45) is 0. The lowest BCUT2D eigenvalue weighted by Crippen LogP contribution is -2.29. The van der Waals surface area contributed by atoms with Gasteiger partial charge < -0.3 is 15.3 Å². The molecule has 2 aromatic carbocycles. The molecule has 0 aliphatic heterocycles. The minimum atomic E-state index is -0.747. The molecule has 0 fully saturated rings. The van der Waals surface area contributed by atoms with Crippen LogP contribution < -0.4 is 16.4 Å². The van der Waals surface area contributed by atoms with E-state index in [0.717, 1.165) is 5.56 Å². The van der Waals surface area contributed by atoms with E-state index in [9.17, 15) is 14.4 Å². The number of fused-ring (bicyclic) bond motifs is 1. The average Bonchev–Trinajstić information content (AvgIpc) is 2.50. The second-order valence-corrected chi connectivity index (χ2v) is 4.99. The van der Waals surface area contributed by atoms with Crippen LogP contribution in [0.3, 0.4) is 0 Å². The van der Waals surface area contributed by atoms with E-state index in [4.69, 9.17) is 0 Å². The molecule has 0 atom stereocenters. The van der Waals surface area contributed by atoms with Gasteiger partial charge in [0.25, 0.3) is 5.91 Å². The molecule has 6 nitrogen and oxygen atoms in total. The number of hydrogen-bond acceptors (Lipinski definition) is 3. The van der Waals surface area contributed by atoms with Gasteiger partial charge in [0.1, 0.15) is 0 Å². The summed E-state index contributed by atoms with van der Waals surface area (Å²) >= 11 is 0. The van der Waals surface area contributed by atoms with Gasteiger partial charge in [-0.2, -0.15) is 0 Å². The van der Waals surface area contributed by atoms with E-state index in [1.165, 1.54) is 6.07 Å². The molecule has 1 heterocycles. The van der Waals surface area contributed by atoms with Crippen molar-refractivity contribution in [3.8, 4) is 0 Å². The van der Waals surface area contributed by atoms with Gasteiger partial charge in [0.05, 0.1) is 11.0 Å². The minimum absolute atomic E-state index is 0.294. The van der Waals surface area contributed by atoms with Crippen molar-refractivity contribution in [2.45, 2.75) is 6.92 Å². The topological polar surface area (TPSA) is 94.8 Å². The van der Waals surface area contributed by atoms with Crippen LogP contribution >= 0.6 is 0 Å². The molecule has 0 spiro atoms. The lowest BCUT2D eigenvalue weighted by Gasteiger charge is -2.06. The highest BCUT2D eigenvalue weighted by Crippen LogP contribution is 2.13. The Kier molecular flexibility index (Phi) is 3.34. The predicted molar refractivity (Wildman–Crippen MR) is 84.3 cm³/mol. The molecule has 0 aliphatic carbocycles. The number of benzene rings is 2. The van der Waals surface area contributed by atoms with E-state index in [-0.39, 0.29) is 5.91 Å². The van der Waals surface area contributed by atoms with Gasteiger partial charge in [-0.25, -0.2) is 0 Å². The van der Waals surface area contributed by atoms with E-state index in [0.29, 0.717) is 22.3 Å². The van der Waals surface area contributed by atoms with Gasteiger partial charge in [-0.15, -0.1) is 0 Å². The number of nitrogens with one attached hydrogen (secondary N) is 3. The Morgan fingerprint density at radius 1 is 0.909 bits per heavy atom. The molecule has 0 aliphatic rings. The Morgan fingerprint density at radius 3 is 2.23 bits per heavy atom. The number of anilines is 1. The number of H-pyrrole nitrogens is 2. The maximum absolute atomic E-state index is 12.2. The third-order valence-electron chi connectivity index (χ3n) is 3.29. The first-order valence-electron chi connectivity index (χ1n) is 6.67. The van der Waals surface area contributed by atoms with E-state index in [2.05, 4.69) is 15.3 Å². The van der Waals surface area contributed by atoms with Crippen molar-refractivity contribution in [3.63, 3.8) is 0 Å². The van der Waals surface area contributed by atoms with Crippen LogP contribution in [0.2, 0.25) is 0 Å². The van der Waals surface area contributed by atoms with Crippen LogP contribution in [-0.2, 0) is 0 Å². The third kappa shape index (κ3) is 2.67. The molecule has 3 rings (SSSR count). The molecule has 110 valence electrons. The summed E-state index contributed by atoms with van der Waals surface area (Å²) in [5.41, 5.74) is 1.58. The van der Waals surface area contributed by atoms with E-state index >= 15 is 0 Å². The molecule has 1 amide bonds. The molecule has 1 aromatic heterocycles. The molecule has 3 N–H and O–H groups in total. The van der Waals surface area contributed by atoms with Crippen molar-refractivity contribution in [2.24, 2.45) is 0 Å². The largest absolute Gasteiger partial charge is 0.322 e. The molecule has 6 heteroatoms. The van der Waals surface area contributed by atoms with Gasteiger partial charge in [-0.3, -0.25) is 14.4 Å². The lowest BCUT2D eigenvalue weighted by atomic mass is 10.1. The number of carbonyl (C=O) groups is 1. The summed E-state index contributed by atoms with van der Waals surface area (Å²) in [6.45, 7) is 1.96. The number of rotatable bonds is 2. The summed E-state index contributed by atoms with van der Waals surface area (Å²) in [5, 5.41) is 2.77. The molecule has 0 saturated heterocycles. The fraction of sp³-hybridized carbons (Fsp3) is 0.0625. The Hall–Kier alpha value is -3.15. The van der Waals surface area contributed by atoms with Crippen molar-refractivity contribution < 1.29 is 4.79 Å². The Morgan fingerprint density at radius 2 is 1.55 bits per heavy atom. The Balaban J connectivity index is 1.94. The first-order valence-corrected chi connectivity index (χ1v) is 6.67. The normalized spacial score (nSPS) is 10.6. The number of carbonyl (C=O) groups excluding carboxylic acids is 1. The molecule has 0 radical (unpaired) electrons. The first kappa shape index (κ1) is 13.8. The standard InChI is InChI=1S/C16H13N3O3/c1-9-2-5-11(6-3-9)17-14(20)10-4-7-12-13(8-10)19-16(22)15(21)18-12/h2-8H,1H3,(H,17,20)(H,18,21)(H,19,22). The fourth-order valence-electron chi connectivity index (χ4n) is 2.10. The third-order valence-corrected chi connectivity index (χ3v) is 3.29. The number of aromatic amines is 2. The van der Waals surface area contributed by atoms with Crippen molar-refractivity contribution in [2.75, 3.05) is 5.32 Å². The summed E-state index contributed by atoms with van der Waals surface area (Å²) < 4.78 is 0. The van der Waals surface area contributed by atoms with Gasteiger partial charge in [-0.1, -0.05) is 17.7 Å². The maximum Gasteiger partial charge on any atom is 0.314 e. The highest BCUT2D eigenvalue weighted by atomic mass is 16.2. The number of hydrogen-bond donors (Lipinski definition) is 3. The predicted octanol–water partition coefficient (Wildman–Crippen LogP) is 1.78. The lowest BCUT2D eigenvalue weighted by molar-refractivity contribution is 0.102. The SMILES string of the molecule is Cc1ccc(NC(=O)c2ccc3[nH]c(=O)c(=O)[nH]c3c2)cc1. The summed E-state index contributed by atoms with van der Waals surface area (Å²) in [7, 11) is 0. The fourth-order valence-corrected chi connectivity index (χ4v) is 2.10. The molecule has 0 bridgehead atoms. The molecule has 0 saturated carbocycles. The molecule has 3 aromatic rings. The zero-order valence-electron chi connectivity index (χ0n) is 11.8. The van der Waals surface area contributed by atoms with E-state index < -0.39 is 11.1 Å². The second kappa shape index (κ2) is 5.33. The maximum atomic E-state index is 12.2. The number of aryl methyl sites for hydroxylation is 1. The Labute approximate surface area is 124 Å². The van der Waals surface area contributed by atoms with Crippen molar-refractivity contribution in [3.05, 3.63) is 74.3 Å². The molecular formula is C16H13N3O3. The van der Waals surface area contributed by atoms with Gasteiger partial charge in [0, 0.05) is 11.3 Å². The smallest absolute Gasteiger partial charge is 0.314 e. The van der Waals surface area contributed by atoms with Gasteiger partial charge in [0.15, 0.2) is 0 Å². The molecular weight excluding hydrogens is 282 g/mol. The zero-order chi connectivity index (χ0) is 15.7. The highest BCUT2D eigenvalue weighted by Gasteiger charge is 2.08. The first-order chi connectivity index (χ1) is 10.5. The summed E-state index contributed by atoms with van der Waals surface area (Å²) in [5.74, 6) is -0.294. The highest BCUT2D eigenvalue weighted by molar-refractivity contribution is 6.05. The van der Waals surface area contributed by atoms with Crippen LogP contribution in [0.15, 0.2) is 52.1 Å². The van der Waals surface area contributed by atoms with Crippen LogP contribution in [0.1, 0.15) is 15.9 Å². The van der Waals surface area contributed by atoms with E-state index in [1.54, 1.807) is 12.1 Å². The van der Waals surface area contributed by atoms with Crippen LogP contribution in [0.25, 0.3) is 11.0 Å². The van der Waals surface area contributed by atoms with Crippen molar-refractivity contribution in [1.82, 2.24) is 9.97 Å². The summed E-state index contributed by atoms with van der Waals surface area (Å²) in [4.78, 5) is 39.7. The second-order valence-electron chi connectivity index (χ2n) is 4.99. The van der Waals surface area contributed by atoms with Crippen molar-refractivity contribution in [1.29, 1.82) is 0 Å². The van der Waals surface area contributed by atoms with E-state index in [1.807, 2.05) is 31.2 Å². The monoisotopic (exact) mass is 295 g/mol. The van der Waals surface area contributed by atoms with Crippen LogP contribution in [0, 0.1) is 6.92 Å². The van der Waals surface area contributed by atoms with Crippen LogP contribution in [-0.4, -0.2) is 15.9 Å². The van der Waals surface area contributed by atoms with Gasteiger partial charge in [0.2, 0.25) is 0 Å². The molecule has 0 unspecified atom stereocenters. The Bertz CT molecular complexity index is 968. The van der Waals surface area contributed by atoms with Gasteiger partial charge >= 0.3 is 11.1 Å². The zero-order valence-corrected chi connectivity index (χ0v) is 11.8. The number of amides is 1. The van der Waals surface area contributed by atoms with Crippen LogP contribution in [0.4, 0.5) is 5.69 Å². The average molecular weight is 295 g/mol. The molecule has 22 heavy (non-hydrogen) atoms. The summed E-state index contributed by atoms with van der Waals surface area (Å²) in [6, 6.07) is 12.1. The minimum Gasteiger partial charge on any atom is -0.322 e.